The number of carbonyl (C=O) groups is 1. The van der Waals surface area contributed by atoms with E-state index in [2.05, 4.69) is 5.73 Å². The number of rotatable bonds is 8. The predicted molar refractivity (Wildman–Crippen MR) is 71.0 cm³/mol. The van der Waals surface area contributed by atoms with Crippen molar-refractivity contribution >= 4 is 13.3 Å². The van der Waals surface area contributed by atoms with E-state index < -0.39 is 25.8 Å². The number of hydrogen-bond acceptors (Lipinski definition) is 4. The Hall–Kier alpha value is -1.40. The molecule has 0 fully saturated rings. The Morgan fingerprint density at radius 3 is 2.80 bits per heavy atom. The topological polar surface area (TPSA) is 132 Å². The van der Waals surface area contributed by atoms with Gasteiger partial charge in [0.25, 0.3) is 0 Å². The molecule has 0 aliphatic heterocycles. The summed E-state index contributed by atoms with van der Waals surface area (Å²) in [5.74, 6) is -2.45. The lowest BCUT2D eigenvalue weighted by Gasteiger charge is -2.18. The number of carboxylic acids is 1. The van der Waals surface area contributed by atoms with Crippen LogP contribution in [0.5, 0.6) is 5.75 Å². The van der Waals surface area contributed by atoms with Crippen LogP contribution < -0.4 is 10.5 Å². The van der Waals surface area contributed by atoms with Gasteiger partial charge < -0.3 is 25.6 Å². The van der Waals surface area contributed by atoms with Crippen molar-refractivity contribution in [2.24, 2.45) is 0 Å². The summed E-state index contributed by atoms with van der Waals surface area (Å²) in [6, 6.07) is 5.86. The minimum absolute atomic E-state index is 0.0716. The average molecular weight is 303 g/mol. The van der Waals surface area contributed by atoms with E-state index in [4.69, 9.17) is 9.84 Å². The summed E-state index contributed by atoms with van der Waals surface area (Å²) in [7, 11) is -3.77. The van der Waals surface area contributed by atoms with Gasteiger partial charge in [0, 0.05) is 12.6 Å². The minimum Gasteiger partial charge on any atom is -0.482 e. The first-order valence-corrected chi connectivity index (χ1v) is 7.83. The van der Waals surface area contributed by atoms with Crippen LogP contribution in [0.15, 0.2) is 24.3 Å². The van der Waals surface area contributed by atoms with Crippen molar-refractivity contribution in [3.8, 4) is 5.75 Å². The van der Waals surface area contributed by atoms with Crippen LogP contribution in [0.25, 0.3) is 0 Å². The van der Waals surface area contributed by atoms with Crippen molar-refractivity contribution in [1.82, 2.24) is 0 Å². The molecule has 2 atom stereocenters. The van der Waals surface area contributed by atoms with Gasteiger partial charge in [-0.05, 0) is 17.7 Å². The summed E-state index contributed by atoms with van der Waals surface area (Å²) in [6.45, 7) is 0.981. The zero-order valence-electron chi connectivity index (χ0n) is 10.8. The van der Waals surface area contributed by atoms with Crippen LogP contribution in [-0.2, 0) is 9.36 Å². The van der Waals surface area contributed by atoms with Crippen molar-refractivity contribution in [1.29, 1.82) is 0 Å². The van der Waals surface area contributed by atoms with E-state index in [9.17, 15) is 19.4 Å². The van der Waals surface area contributed by atoms with Gasteiger partial charge in [-0.3, -0.25) is 4.57 Å². The van der Waals surface area contributed by atoms with Crippen molar-refractivity contribution < 1.29 is 34.9 Å². The molecule has 1 rings (SSSR count). The van der Waals surface area contributed by atoms with Gasteiger partial charge in [0.2, 0.25) is 7.37 Å². The van der Waals surface area contributed by atoms with E-state index in [1.54, 1.807) is 0 Å². The van der Waals surface area contributed by atoms with Gasteiger partial charge in [-0.15, -0.1) is 0 Å². The van der Waals surface area contributed by atoms with E-state index >= 15 is 0 Å². The maximum atomic E-state index is 12.0. The second-order valence-corrected chi connectivity index (χ2v) is 6.63. The van der Waals surface area contributed by atoms with Crippen LogP contribution in [0.3, 0.4) is 0 Å². The Bertz CT molecular complexity index is 506. The molecule has 0 aliphatic carbocycles. The number of benzene rings is 1. The molecule has 0 bridgehead atoms. The molecule has 0 saturated carbocycles. The first kappa shape index (κ1) is 16.7. The van der Waals surface area contributed by atoms with Crippen LogP contribution >= 0.6 is 7.37 Å². The number of carboxylic acid groups (broad SMARTS) is 1. The summed E-state index contributed by atoms with van der Waals surface area (Å²) in [5.41, 5.74) is 3.67. The van der Waals surface area contributed by atoms with Crippen LogP contribution in [0.4, 0.5) is 0 Å². The van der Waals surface area contributed by atoms with Gasteiger partial charge in [0.15, 0.2) is 12.5 Å². The maximum absolute atomic E-state index is 12.0. The van der Waals surface area contributed by atoms with Gasteiger partial charge >= 0.3 is 5.97 Å². The lowest BCUT2D eigenvalue weighted by molar-refractivity contribution is -0.317. The molecule has 1 aromatic rings. The van der Waals surface area contributed by atoms with E-state index in [1.807, 2.05) is 0 Å². The van der Waals surface area contributed by atoms with Gasteiger partial charge in [-0.1, -0.05) is 12.1 Å². The molecular formula is C12H18NO6P+. The van der Waals surface area contributed by atoms with Gasteiger partial charge in [-0.25, -0.2) is 4.79 Å². The second-order valence-electron chi connectivity index (χ2n) is 4.19. The van der Waals surface area contributed by atoms with Crippen molar-refractivity contribution in [3.63, 3.8) is 0 Å². The third kappa shape index (κ3) is 4.94. The molecule has 0 amide bonds. The van der Waals surface area contributed by atoms with Crippen LogP contribution in [0.2, 0.25) is 0 Å². The summed E-state index contributed by atoms with van der Waals surface area (Å²) >= 11 is 0. The molecule has 0 saturated heterocycles. The number of quaternary nitrogens is 1. The highest BCUT2D eigenvalue weighted by atomic mass is 31.2. The Balaban J connectivity index is 2.82. The summed E-state index contributed by atoms with van der Waals surface area (Å²) in [4.78, 5) is 20.2. The maximum Gasteiger partial charge on any atom is 0.341 e. The Morgan fingerprint density at radius 2 is 2.20 bits per heavy atom. The Kier molecular flexibility index (Phi) is 6.16. The van der Waals surface area contributed by atoms with Crippen molar-refractivity contribution in [2.75, 3.05) is 12.8 Å². The second kappa shape index (κ2) is 7.40. The van der Waals surface area contributed by atoms with Gasteiger partial charge in [0.05, 0.1) is 0 Å². The molecule has 1 aromatic carbocycles. The molecule has 0 aromatic heterocycles. The lowest BCUT2D eigenvalue weighted by Crippen LogP contribution is -2.44. The van der Waals surface area contributed by atoms with Crippen molar-refractivity contribution in [3.05, 3.63) is 36.4 Å². The number of hydrogen-bond donors (Lipinski definition) is 4. The minimum atomic E-state index is -3.77. The van der Waals surface area contributed by atoms with Gasteiger partial charge in [0.1, 0.15) is 12.3 Å². The molecule has 8 heteroatoms. The highest BCUT2D eigenvalue weighted by molar-refractivity contribution is 7.58. The van der Waals surface area contributed by atoms with E-state index in [0.717, 1.165) is 0 Å². The molecule has 20 heavy (non-hydrogen) atoms. The van der Waals surface area contributed by atoms with Gasteiger partial charge in [-0.2, -0.15) is 0 Å². The van der Waals surface area contributed by atoms with Crippen LogP contribution in [-0.4, -0.2) is 33.8 Å². The molecule has 0 heterocycles. The fraction of sp³-hybridized carbons (Fsp3) is 0.333. The van der Waals surface area contributed by atoms with E-state index in [1.165, 1.54) is 30.8 Å². The average Bonchev–Trinajstić information content (AvgIpc) is 2.42. The predicted octanol–water partition coefficient (Wildman–Crippen LogP) is 0.205. The first-order chi connectivity index (χ1) is 9.36. The Labute approximate surface area is 116 Å². The lowest BCUT2D eigenvalue weighted by atomic mass is 10.2. The van der Waals surface area contributed by atoms with Crippen LogP contribution in [0, 0.1) is 6.54 Å². The molecule has 6 N–H and O–H groups in total. The molecule has 0 aliphatic rings. The highest BCUT2D eigenvalue weighted by Crippen LogP contribution is 2.54. The number of aliphatic carboxylic acids is 1. The fourth-order valence-corrected chi connectivity index (χ4v) is 2.97. The Morgan fingerprint density at radius 1 is 1.50 bits per heavy atom. The monoisotopic (exact) mass is 303 g/mol. The number of aliphatic hydroxyl groups excluding tert-OH is 1. The quantitative estimate of drug-likeness (QED) is 0.507. The number of aliphatic hydroxyl groups is 1. The zero-order valence-corrected chi connectivity index (χ0v) is 11.7. The number of ether oxygens (including phenoxy) is 1. The van der Waals surface area contributed by atoms with E-state index in [0.29, 0.717) is 6.42 Å². The molecule has 7 nitrogen and oxygen atoms in total. The van der Waals surface area contributed by atoms with E-state index in [-0.39, 0.29) is 17.5 Å². The van der Waals surface area contributed by atoms with Crippen LogP contribution in [0.1, 0.15) is 17.8 Å². The standard InChI is InChI=1S/C12H18NO6P/c13-5-2-6-20(17,18)12(16)9-3-1-4-10(7-9)19-8-11(14)15/h1,3-5,7,12,16H,2,6,8H2,13H3,(H,14,15)(H,17,18)/q+1. The summed E-state index contributed by atoms with van der Waals surface area (Å²) in [5, 5.41) is 18.5. The highest BCUT2D eigenvalue weighted by Gasteiger charge is 2.30. The normalized spacial score (nSPS) is 15.3. The SMILES string of the molecule is [NH3+][CH]CCP(=O)(O)C(O)c1cccc(OCC(=O)O)c1. The fourth-order valence-electron chi connectivity index (χ4n) is 1.54. The largest absolute Gasteiger partial charge is 0.482 e. The zero-order chi connectivity index (χ0) is 15.2. The molecular weight excluding hydrogens is 285 g/mol. The summed E-state index contributed by atoms with van der Waals surface area (Å²) in [6.07, 6.45) is 0.248. The smallest absolute Gasteiger partial charge is 0.341 e. The first-order valence-electron chi connectivity index (χ1n) is 5.92. The third-order valence-corrected chi connectivity index (χ3v) is 4.52. The molecule has 0 spiro atoms. The molecule has 2 unspecified atom stereocenters. The molecule has 1 radical (unpaired) electrons. The third-order valence-electron chi connectivity index (χ3n) is 2.55. The van der Waals surface area contributed by atoms with Crippen molar-refractivity contribution in [2.45, 2.75) is 12.3 Å². The molecule has 111 valence electrons. The summed E-state index contributed by atoms with van der Waals surface area (Å²) < 4.78 is 16.9.